The third-order valence-electron chi connectivity index (χ3n) is 6.95. The number of hydrogen-bond acceptors (Lipinski definition) is 13. The second-order valence-electron chi connectivity index (χ2n) is 10.7. The quantitative estimate of drug-likeness (QED) is 0.113. The van der Waals surface area contributed by atoms with Crippen LogP contribution >= 0.6 is 0 Å². The molecule has 0 atom stereocenters. The van der Waals surface area contributed by atoms with Crippen molar-refractivity contribution in [1.29, 1.82) is 0 Å². The van der Waals surface area contributed by atoms with E-state index in [1.807, 2.05) is 0 Å². The van der Waals surface area contributed by atoms with E-state index in [4.69, 9.17) is 0 Å². The van der Waals surface area contributed by atoms with Gasteiger partial charge in [-0.3, -0.25) is 24.2 Å². The van der Waals surface area contributed by atoms with Crippen LogP contribution in [0.15, 0.2) is 70.2 Å². The zero-order valence-corrected chi connectivity index (χ0v) is 34.9. The summed E-state index contributed by atoms with van der Waals surface area (Å²) in [7, 11) is -5.12. The summed E-state index contributed by atoms with van der Waals surface area (Å²) in [6.45, 7) is -1.13. The average molecular weight is 739 g/mol. The number of rotatable bonds is 15. The topological polar surface area (TPSA) is 256 Å². The van der Waals surface area contributed by atoms with E-state index in [1.165, 1.54) is 56.3 Å². The van der Waals surface area contributed by atoms with E-state index < -0.39 is 83.9 Å². The van der Waals surface area contributed by atoms with Crippen LogP contribution in [0.1, 0.15) is 29.2 Å². The molecule has 1 aliphatic carbocycles. The van der Waals surface area contributed by atoms with Gasteiger partial charge in [0.15, 0.2) is 5.78 Å². The molecule has 50 heavy (non-hydrogen) atoms. The van der Waals surface area contributed by atoms with Crippen LogP contribution in [0.2, 0.25) is 0 Å². The van der Waals surface area contributed by atoms with Gasteiger partial charge in [0.2, 0.25) is 0 Å². The molecule has 3 N–H and O–H groups in total. The number of nitrogens with zero attached hydrogens (tertiary/aromatic N) is 2. The number of aliphatic carboxylic acids is 4. The van der Waals surface area contributed by atoms with Crippen LogP contribution in [0.5, 0.6) is 5.75 Å². The van der Waals surface area contributed by atoms with E-state index in [1.54, 1.807) is 0 Å². The summed E-state index contributed by atoms with van der Waals surface area (Å²) in [5.41, 5.74) is 0.473. The van der Waals surface area contributed by atoms with Gasteiger partial charge in [-0.25, -0.2) is 8.42 Å². The number of carboxylic acid groups (broad SMARTS) is 4. The molecule has 0 radical (unpaired) electrons. The van der Waals surface area contributed by atoms with Crippen LogP contribution in [0.25, 0.3) is 5.57 Å². The average Bonchev–Trinajstić information content (AvgIpc) is 2.92. The summed E-state index contributed by atoms with van der Waals surface area (Å²) < 4.78 is 37.2. The number of hydrogen-bond donors (Lipinski definition) is 3. The van der Waals surface area contributed by atoms with Crippen molar-refractivity contribution in [2.45, 2.75) is 25.3 Å². The number of Topliss-reactive ketones (excluding diaryl/α,β-unsaturated/α-hetero) is 1. The molecule has 1 aliphatic rings. The van der Waals surface area contributed by atoms with Gasteiger partial charge in [0, 0.05) is 42.9 Å². The Bertz CT molecular complexity index is 1830. The van der Waals surface area contributed by atoms with Crippen LogP contribution < -0.4 is 98.9 Å². The molecule has 0 saturated carbocycles. The largest absolute Gasteiger partial charge is 1.00 e. The molecule has 2 aromatic rings. The van der Waals surface area contributed by atoms with Crippen molar-refractivity contribution in [2.75, 3.05) is 32.7 Å². The van der Waals surface area contributed by atoms with Gasteiger partial charge < -0.3 is 39.7 Å². The number of carboxylic acids is 4. The molecule has 2 aromatic carbocycles. The van der Waals surface area contributed by atoms with Crippen molar-refractivity contribution in [3.05, 3.63) is 87.5 Å². The van der Waals surface area contributed by atoms with E-state index in [0.717, 1.165) is 15.9 Å². The normalized spacial score (nSPS) is 13.7. The van der Waals surface area contributed by atoms with E-state index in [-0.39, 0.29) is 139 Å². The molecule has 0 aromatic heterocycles. The van der Waals surface area contributed by atoms with Crippen molar-refractivity contribution in [3.8, 4) is 5.75 Å². The minimum absolute atomic E-state index is 0. The predicted molar refractivity (Wildman–Crippen MR) is 157 cm³/mol. The summed E-state index contributed by atoms with van der Waals surface area (Å²) >= 11 is 0. The molecule has 250 valence electrons. The fraction of sp³-hybridized carbons (Fsp3) is 0.258. The zero-order valence-electron chi connectivity index (χ0n) is 28.1. The number of phenolic OH excluding ortho intramolecular Hbond substituents is 1. The monoisotopic (exact) mass is 738 g/mol. The van der Waals surface area contributed by atoms with Crippen molar-refractivity contribution in [2.24, 2.45) is 0 Å². The Balaban J connectivity index is 0.00000800. The molecule has 15 nitrogen and oxygen atoms in total. The van der Waals surface area contributed by atoms with Gasteiger partial charge in [0.05, 0.1) is 29.9 Å². The molecule has 0 unspecified atom stereocenters. The van der Waals surface area contributed by atoms with E-state index in [9.17, 15) is 62.5 Å². The molecule has 0 amide bonds. The number of aryl methyl sites for hydroxylation is 1. The number of benzene rings is 2. The zero-order chi connectivity index (χ0) is 35.2. The maximum atomic E-state index is 13.2. The Hall–Kier alpha value is -2.16. The Morgan fingerprint density at radius 2 is 1.32 bits per heavy atom. The standard InChI is InChI=1S/C31H32N2O13S.3Na/c1-17-7-19(9-21(30(17)42)11-32(13-25(34)35)14-26(36)37)29(23-5-3-4-6-24(23)47(44,45)46)20-8-18(2)31(43)22(10-20)12-33(15-27(38)39)16-28(40)41;;;/h3-10,42H,11-16H2,1-2H3,(H,34,35)(H,36,37)(H,38,39)(H,40,41)(H,44,45,46);;;/q;3*+1/p-3. The Morgan fingerprint density at radius 1 is 0.800 bits per heavy atom. The number of allylic oxidation sites excluding steroid dienone is 4. The Morgan fingerprint density at radius 3 is 1.82 bits per heavy atom. The molecular formula is C31H29N2Na3O13S. The van der Waals surface area contributed by atoms with Crippen molar-refractivity contribution < 1.29 is 151 Å². The fourth-order valence-corrected chi connectivity index (χ4v) is 5.84. The van der Waals surface area contributed by atoms with Crippen molar-refractivity contribution in [1.82, 2.24) is 9.80 Å². The van der Waals surface area contributed by atoms with E-state index in [2.05, 4.69) is 0 Å². The van der Waals surface area contributed by atoms with Gasteiger partial charge in [-0.15, -0.1) is 0 Å². The molecule has 0 bridgehead atoms. The molecule has 0 fully saturated rings. The molecule has 0 heterocycles. The fourth-order valence-electron chi connectivity index (χ4n) is 5.16. The summed E-state index contributed by atoms with van der Waals surface area (Å²) in [5, 5.41) is 52.0. The SMILES string of the molecule is CC1=CC(=C(c2cc(C)c(O)c(CN(CC(=O)[O-])CC(=O)O)c2)c2ccccc2S(=O)(=O)[O-])C=C(CN(CC(=O)[O-])CC(=O)O)C1=O.[Na+].[Na+].[Na+]. The first-order valence-corrected chi connectivity index (χ1v) is 15.1. The predicted octanol–water partition coefficient (Wildman–Crippen LogP) is -10.4. The first-order chi connectivity index (χ1) is 21.9. The van der Waals surface area contributed by atoms with Crippen LogP contribution in [0.3, 0.4) is 0 Å². The minimum Gasteiger partial charge on any atom is -0.744 e. The van der Waals surface area contributed by atoms with Crippen molar-refractivity contribution >= 4 is 45.4 Å². The Labute approximate surface area is 354 Å². The summed E-state index contributed by atoms with van der Waals surface area (Å²) in [4.78, 5) is 59.8. The smallest absolute Gasteiger partial charge is 0.744 e. The number of phenols is 1. The molecule has 3 rings (SSSR count). The second-order valence-corrected chi connectivity index (χ2v) is 12.1. The van der Waals surface area contributed by atoms with Gasteiger partial charge in [0.1, 0.15) is 15.9 Å². The molecule has 19 heteroatoms. The van der Waals surface area contributed by atoms with Gasteiger partial charge in [-0.05, 0) is 72.0 Å². The van der Waals surface area contributed by atoms with Crippen molar-refractivity contribution in [3.63, 3.8) is 0 Å². The third kappa shape index (κ3) is 13.4. The second kappa shape index (κ2) is 20.8. The van der Waals surface area contributed by atoms with Crippen LogP contribution in [0, 0.1) is 6.92 Å². The molecule has 0 aliphatic heterocycles. The van der Waals surface area contributed by atoms with Gasteiger partial charge in [0.25, 0.3) is 0 Å². The van der Waals surface area contributed by atoms with E-state index >= 15 is 0 Å². The molecule has 0 spiro atoms. The molecule has 0 saturated heterocycles. The third-order valence-corrected chi connectivity index (χ3v) is 7.84. The minimum atomic E-state index is -5.12. The maximum Gasteiger partial charge on any atom is 1.00 e. The van der Waals surface area contributed by atoms with Gasteiger partial charge >= 0.3 is 101 Å². The van der Waals surface area contributed by atoms with Crippen LogP contribution in [-0.4, -0.2) is 100 Å². The summed E-state index contributed by atoms with van der Waals surface area (Å²) in [5.74, 6) is -6.83. The van der Waals surface area contributed by atoms with E-state index in [0.29, 0.717) is 0 Å². The number of aromatic hydroxyl groups is 1. The Kier molecular flexibility index (Phi) is 19.9. The van der Waals surface area contributed by atoms with Gasteiger partial charge in [-0.2, -0.15) is 0 Å². The molecular weight excluding hydrogens is 709 g/mol. The number of ketones is 1. The summed E-state index contributed by atoms with van der Waals surface area (Å²) in [6, 6.07) is 7.89. The maximum absolute atomic E-state index is 13.2. The number of carbonyl (C=O) groups is 5. The first kappa shape index (κ1) is 47.8. The first-order valence-electron chi connectivity index (χ1n) is 13.7. The van der Waals surface area contributed by atoms with Crippen LogP contribution in [-0.2, 0) is 40.6 Å². The summed E-state index contributed by atoms with van der Waals surface area (Å²) in [6.07, 6.45) is 2.67. The number of carbonyl (C=O) groups excluding carboxylic acids is 3. The van der Waals surface area contributed by atoms with Gasteiger partial charge in [-0.1, -0.05) is 18.2 Å². The van der Waals surface area contributed by atoms with Crippen LogP contribution in [0.4, 0.5) is 0 Å².